The molecule has 1 aromatic heterocycles. The van der Waals surface area contributed by atoms with E-state index < -0.39 is 17.8 Å². The van der Waals surface area contributed by atoms with E-state index in [2.05, 4.69) is 21.4 Å². The molecule has 3 aliphatic rings. The molecule has 13 nitrogen and oxygen atoms in total. The number of rotatable bonds is 18. The van der Waals surface area contributed by atoms with Crippen LogP contribution < -0.4 is 10.1 Å². The molecule has 2 fully saturated rings. The lowest BCUT2D eigenvalue weighted by Crippen LogP contribution is -2.38. The summed E-state index contributed by atoms with van der Waals surface area (Å²) in [6, 6.07) is 7.58. The van der Waals surface area contributed by atoms with Crippen molar-refractivity contribution in [1.29, 1.82) is 0 Å². The van der Waals surface area contributed by atoms with Crippen LogP contribution in [0.15, 0.2) is 35.4 Å². The fourth-order valence-corrected chi connectivity index (χ4v) is 7.12. The highest BCUT2D eigenvalue weighted by molar-refractivity contribution is 5.78. The average Bonchev–Trinajstić information content (AvgIpc) is 3.48. The van der Waals surface area contributed by atoms with Crippen LogP contribution in [-0.2, 0) is 22.4 Å². The lowest BCUT2D eigenvalue weighted by molar-refractivity contribution is -0.138. The average molecular weight is 693 g/mol. The largest absolute Gasteiger partial charge is 0.491 e. The van der Waals surface area contributed by atoms with E-state index in [4.69, 9.17) is 15.3 Å². The molecule has 1 aromatic carbocycles. The molecule has 0 aliphatic carbocycles. The number of urea groups is 1. The van der Waals surface area contributed by atoms with Crippen LogP contribution in [0.1, 0.15) is 87.1 Å². The Balaban J connectivity index is 1.06. The van der Waals surface area contributed by atoms with E-state index in [9.17, 15) is 19.5 Å². The highest BCUT2D eigenvalue weighted by Crippen LogP contribution is 2.32. The molecular weight excluding hydrogens is 643 g/mol. The van der Waals surface area contributed by atoms with Crippen molar-refractivity contribution in [2.45, 2.75) is 83.1 Å². The van der Waals surface area contributed by atoms with Crippen LogP contribution in [0.5, 0.6) is 5.75 Å². The number of aryl methyl sites for hydroxylation is 2. The number of halogens is 1. The van der Waals surface area contributed by atoms with Gasteiger partial charge in [0.05, 0.1) is 19.1 Å². The molecule has 5 rings (SSSR count). The Kier molecular flexibility index (Phi) is 13.5. The SMILES string of the molecule is [N-]=[N+]=NCCCCCC(=O)N1CCC(CCOc2ccc([C@H](CC(=O)O)N3CCN(CCCc4ccc5c(n4)NCCC5)C3=O)cc2F)CC1. The second-order valence-corrected chi connectivity index (χ2v) is 13.4. The molecule has 50 heavy (non-hydrogen) atoms. The van der Waals surface area contributed by atoms with Crippen molar-refractivity contribution in [3.63, 3.8) is 0 Å². The van der Waals surface area contributed by atoms with Crippen LogP contribution >= 0.6 is 0 Å². The Hall–Kier alpha value is -4.58. The van der Waals surface area contributed by atoms with E-state index in [0.717, 1.165) is 82.3 Å². The van der Waals surface area contributed by atoms with Gasteiger partial charge in [0.1, 0.15) is 5.82 Å². The molecule has 0 radical (unpaired) electrons. The summed E-state index contributed by atoms with van der Waals surface area (Å²) in [5, 5.41) is 16.5. The number of azide groups is 1. The van der Waals surface area contributed by atoms with Gasteiger partial charge in [-0.3, -0.25) is 9.59 Å². The van der Waals surface area contributed by atoms with Crippen molar-refractivity contribution in [3.05, 3.63) is 63.4 Å². The highest BCUT2D eigenvalue weighted by Gasteiger charge is 2.35. The summed E-state index contributed by atoms with van der Waals surface area (Å²) in [4.78, 5) is 50.4. The maximum atomic E-state index is 15.3. The van der Waals surface area contributed by atoms with E-state index in [1.165, 1.54) is 22.6 Å². The fourth-order valence-electron chi connectivity index (χ4n) is 7.12. The maximum Gasteiger partial charge on any atom is 0.320 e. The fraction of sp³-hybridized carbons (Fsp3) is 0.611. The Morgan fingerprint density at radius 1 is 1.12 bits per heavy atom. The standard InChI is InChI=1S/C36H49FN8O5/c37-30-24-28(10-12-32(30)50-23-15-26-13-19-43(20-14-26)33(46)8-2-1-3-17-40-42-38)31(25-34(47)48)45-22-21-44(36(45)49)18-5-7-29-11-9-27-6-4-16-39-35(27)41-29/h9-12,24,26,31H,1-8,13-23,25H2,(H,39,41)(H,47,48)/t31-/m0/s1. The first-order valence-electron chi connectivity index (χ1n) is 18.0. The molecule has 270 valence electrons. The summed E-state index contributed by atoms with van der Waals surface area (Å²) in [6.07, 6.45) is 8.68. The number of nitrogens with one attached hydrogen (secondary N) is 1. The molecule has 3 amide bonds. The summed E-state index contributed by atoms with van der Waals surface area (Å²) in [7, 11) is 0. The van der Waals surface area contributed by atoms with Gasteiger partial charge in [0.15, 0.2) is 11.6 Å². The van der Waals surface area contributed by atoms with E-state index >= 15 is 4.39 Å². The van der Waals surface area contributed by atoms with E-state index in [0.29, 0.717) is 63.8 Å². The minimum Gasteiger partial charge on any atom is -0.491 e. The van der Waals surface area contributed by atoms with Gasteiger partial charge in [0.2, 0.25) is 5.91 Å². The number of nitrogens with zero attached hydrogens (tertiary/aromatic N) is 7. The quantitative estimate of drug-likeness (QED) is 0.0796. The smallest absolute Gasteiger partial charge is 0.320 e. The number of carboxylic acid groups (broad SMARTS) is 1. The first kappa shape index (κ1) is 36.7. The third-order valence-electron chi connectivity index (χ3n) is 9.99. The van der Waals surface area contributed by atoms with Gasteiger partial charge in [-0.25, -0.2) is 14.2 Å². The number of amides is 3. The van der Waals surface area contributed by atoms with Gasteiger partial charge in [-0.2, -0.15) is 0 Å². The van der Waals surface area contributed by atoms with Crippen molar-refractivity contribution in [3.8, 4) is 5.75 Å². The first-order chi connectivity index (χ1) is 24.3. The summed E-state index contributed by atoms with van der Waals surface area (Å²) < 4.78 is 21.1. The van der Waals surface area contributed by atoms with Crippen molar-refractivity contribution in [2.75, 3.05) is 57.7 Å². The number of ether oxygens (including phenoxy) is 1. The van der Waals surface area contributed by atoms with Gasteiger partial charge >= 0.3 is 12.0 Å². The number of piperidine rings is 1. The number of pyridine rings is 1. The van der Waals surface area contributed by atoms with Crippen LogP contribution in [0.3, 0.4) is 0 Å². The maximum absolute atomic E-state index is 15.3. The highest BCUT2D eigenvalue weighted by atomic mass is 19.1. The molecule has 14 heteroatoms. The minimum absolute atomic E-state index is 0.0938. The van der Waals surface area contributed by atoms with Gasteiger partial charge < -0.3 is 29.9 Å². The molecule has 0 bridgehead atoms. The van der Waals surface area contributed by atoms with Crippen LogP contribution in [0.25, 0.3) is 10.4 Å². The van der Waals surface area contributed by atoms with Gasteiger partial charge in [0.25, 0.3) is 0 Å². The lowest BCUT2D eigenvalue weighted by atomic mass is 9.93. The number of hydrogen-bond acceptors (Lipinski definition) is 7. The van der Waals surface area contributed by atoms with Gasteiger partial charge in [0, 0.05) is 62.8 Å². The Labute approximate surface area is 292 Å². The lowest BCUT2D eigenvalue weighted by Gasteiger charge is -2.32. The monoisotopic (exact) mass is 692 g/mol. The molecule has 2 saturated heterocycles. The van der Waals surface area contributed by atoms with Crippen molar-refractivity contribution < 1.29 is 28.6 Å². The topological polar surface area (TPSA) is 164 Å². The third-order valence-corrected chi connectivity index (χ3v) is 9.99. The predicted octanol–water partition coefficient (Wildman–Crippen LogP) is 6.34. The number of carbonyl (C=O) groups excluding carboxylic acids is 2. The second kappa shape index (κ2) is 18.4. The number of anilines is 1. The summed E-state index contributed by atoms with van der Waals surface area (Å²) in [5.41, 5.74) is 11.0. The Morgan fingerprint density at radius 3 is 2.74 bits per heavy atom. The van der Waals surface area contributed by atoms with Crippen LogP contribution in [0.4, 0.5) is 15.0 Å². The summed E-state index contributed by atoms with van der Waals surface area (Å²) in [6.45, 7) is 4.49. The summed E-state index contributed by atoms with van der Waals surface area (Å²) in [5.74, 6) is -0.0762. The minimum atomic E-state index is -1.07. The van der Waals surface area contributed by atoms with Gasteiger partial charge in [-0.05, 0) is 98.6 Å². The number of hydrogen-bond donors (Lipinski definition) is 2. The zero-order valence-electron chi connectivity index (χ0n) is 28.8. The van der Waals surface area contributed by atoms with Crippen molar-refractivity contribution in [1.82, 2.24) is 19.7 Å². The molecule has 0 unspecified atom stereocenters. The molecular formula is C36H49FN8O5. The van der Waals surface area contributed by atoms with E-state index in [1.807, 2.05) is 11.0 Å². The number of unbranched alkanes of at least 4 members (excludes halogenated alkanes) is 2. The zero-order chi connectivity index (χ0) is 35.3. The number of likely N-dealkylation sites (tertiary alicyclic amines) is 1. The van der Waals surface area contributed by atoms with Crippen molar-refractivity contribution in [2.24, 2.45) is 11.0 Å². The van der Waals surface area contributed by atoms with E-state index in [1.54, 1.807) is 11.0 Å². The van der Waals surface area contributed by atoms with Crippen molar-refractivity contribution >= 4 is 23.7 Å². The number of carboxylic acids is 1. The molecule has 4 heterocycles. The summed E-state index contributed by atoms with van der Waals surface area (Å²) >= 11 is 0. The number of fused-ring (bicyclic) bond motifs is 1. The van der Waals surface area contributed by atoms with Gasteiger partial charge in [-0.1, -0.05) is 23.7 Å². The second-order valence-electron chi connectivity index (χ2n) is 13.4. The molecule has 1 atom stereocenters. The number of benzene rings is 1. The number of aliphatic carboxylic acids is 1. The van der Waals surface area contributed by atoms with Crippen LogP contribution in [0, 0.1) is 11.7 Å². The molecule has 2 N–H and O–H groups in total. The Bertz CT molecular complexity index is 1530. The predicted molar refractivity (Wildman–Crippen MR) is 186 cm³/mol. The van der Waals surface area contributed by atoms with Crippen LogP contribution in [0.2, 0.25) is 0 Å². The number of carbonyl (C=O) groups is 3. The normalized spacial score (nSPS) is 16.8. The zero-order valence-corrected chi connectivity index (χ0v) is 28.8. The van der Waals surface area contributed by atoms with Crippen LogP contribution in [-0.4, -0.2) is 95.1 Å². The molecule has 0 spiro atoms. The Morgan fingerprint density at radius 2 is 1.96 bits per heavy atom. The third kappa shape index (κ3) is 10.2. The molecule has 3 aliphatic heterocycles. The van der Waals surface area contributed by atoms with E-state index in [-0.39, 0.29) is 24.1 Å². The molecule has 2 aromatic rings. The molecule has 0 saturated carbocycles. The first-order valence-corrected chi connectivity index (χ1v) is 18.0. The van der Waals surface area contributed by atoms with Gasteiger partial charge in [-0.15, -0.1) is 0 Å². The number of aromatic nitrogens is 1.